The van der Waals surface area contributed by atoms with Gasteiger partial charge in [0.1, 0.15) is 0 Å². The summed E-state index contributed by atoms with van der Waals surface area (Å²) >= 11 is 0. The number of hydrogen-bond donors (Lipinski definition) is 0. The lowest BCUT2D eigenvalue weighted by atomic mass is 9.90. The van der Waals surface area contributed by atoms with E-state index in [9.17, 15) is 0 Å². The van der Waals surface area contributed by atoms with Crippen LogP contribution < -0.4 is 4.90 Å². The van der Waals surface area contributed by atoms with Crippen molar-refractivity contribution >= 4 is 71.2 Å². The number of para-hydroxylation sites is 2. The minimum absolute atomic E-state index is 1.09. The highest BCUT2D eigenvalue weighted by Gasteiger charge is 2.20. The quantitative estimate of drug-likeness (QED) is 0.156. The van der Waals surface area contributed by atoms with E-state index in [1.807, 2.05) is 0 Å². The van der Waals surface area contributed by atoms with Crippen LogP contribution in [0.25, 0.3) is 93.2 Å². The van der Waals surface area contributed by atoms with Crippen molar-refractivity contribution in [2.24, 2.45) is 0 Å². The van der Waals surface area contributed by atoms with Crippen LogP contribution in [0.15, 0.2) is 243 Å². The molecule has 0 unspecified atom stereocenters. The summed E-state index contributed by atoms with van der Waals surface area (Å²) in [6, 6.07) is 88.5. The average molecular weight is 789 g/mol. The molecule has 0 saturated heterocycles. The minimum atomic E-state index is 1.09. The zero-order valence-electron chi connectivity index (χ0n) is 34.0. The monoisotopic (exact) mass is 788 g/mol. The van der Waals surface area contributed by atoms with Crippen LogP contribution in [0, 0.1) is 0 Å². The van der Waals surface area contributed by atoms with E-state index < -0.39 is 0 Å². The molecule has 0 atom stereocenters. The topological polar surface area (TPSA) is 8.17 Å². The van der Waals surface area contributed by atoms with Gasteiger partial charge < -0.3 is 9.47 Å². The first kappa shape index (κ1) is 35.7. The van der Waals surface area contributed by atoms with Crippen molar-refractivity contribution in [2.45, 2.75) is 0 Å². The van der Waals surface area contributed by atoms with Gasteiger partial charge in [0.25, 0.3) is 0 Å². The van der Waals surface area contributed by atoms with Crippen molar-refractivity contribution < 1.29 is 0 Å². The summed E-state index contributed by atoms with van der Waals surface area (Å²) in [6.07, 6.45) is 0. The summed E-state index contributed by atoms with van der Waals surface area (Å²) in [6.45, 7) is 0. The summed E-state index contributed by atoms with van der Waals surface area (Å²) in [5.74, 6) is 0. The average Bonchev–Trinajstić information content (AvgIpc) is 3.68. The van der Waals surface area contributed by atoms with Crippen LogP contribution in [0.5, 0.6) is 0 Å². The fourth-order valence-electron chi connectivity index (χ4n) is 9.66. The molecule has 0 fully saturated rings. The molecule has 11 aromatic carbocycles. The highest BCUT2D eigenvalue weighted by Crippen LogP contribution is 2.44. The molecular weight excluding hydrogens is 749 g/mol. The van der Waals surface area contributed by atoms with E-state index in [-0.39, 0.29) is 0 Å². The predicted octanol–water partition coefficient (Wildman–Crippen LogP) is 16.7. The maximum atomic E-state index is 2.43. The zero-order chi connectivity index (χ0) is 41.0. The van der Waals surface area contributed by atoms with Gasteiger partial charge in [0.05, 0.1) is 22.4 Å². The normalized spacial score (nSPS) is 11.5. The number of aromatic nitrogens is 1. The largest absolute Gasteiger partial charge is 0.310 e. The second kappa shape index (κ2) is 14.8. The summed E-state index contributed by atoms with van der Waals surface area (Å²) in [4.78, 5) is 2.42. The zero-order valence-corrected chi connectivity index (χ0v) is 34.0. The molecule has 2 heteroatoms. The van der Waals surface area contributed by atoms with Crippen LogP contribution in [0.1, 0.15) is 0 Å². The first-order valence-corrected chi connectivity index (χ1v) is 21.3. The first-order valence-electron chi connectivity index (χ1n) is 21.3. The molecule has 62 heavy (non-hydrogen) atoms. The third-order valence-corrected chi connectivity index (χ3v) is 12.6. The van der Waals surface area contributed by atoms with Gasteiger partial charge in [-0.25, -0.2) is 0 Å². The third-order valence-electron chi connectivity index (χ3n) is 12.6. The Labute approximate surface area is 360 Å². The van der Waals surface area contributed by atoms with Gasteiger partial charge in [-0.05, 0) is 116 Å². The highest BCUT2D eigenvalue weighted by molar-refractivity contribution is 6.12. The molecule has 0 spiro atoms. The van der Waals surface area contributed by atoms with Gasteiger partial charge in [-0.1, -0.05) is 182 Å². The molecule has 12 rings (SSSR count). The standard InChI is InChI=1S/C60H40N2/c1-2-15-41(16-3-1)42-29-33-47(34-30-42)61(59-37-38-60(55-23-9-8-22-54(55)59)62-57-27-12-10-24-52(57)53-25-11-13-28-58(53)62)48-35-31-43(32-36-48)46-39-45-18-5-7-21-50(45)56(40-46)51-26-14-19-44-17-4-6-20-49(44)51/h1-40H. The number of hydrogen-bond acceptors (Lipinski definition) is 1. The maximum Gasteiger partial charge on any atom is 0.0542 e. The van der Waals surface area contributed by atoms with Crippen LogP contribution in [0.4, 0.5) is 17.1 Å². The molecule has 0 radical (unpaired) electrons. The first-order chi connectivity index (χ1) is 30.8. The van der Waals surface area contributed by atoms with E-state index in [1.165, 1.54) is 87.5 Å². The smallest absolute Gasteiger partial charge is 0.0542 e. The van der Waals surface area contributed by atoms with Gasteiger partial charge in [0, 0.05) is 32.9 Å². The Bertz CT molecular complexity index is 3560. The van der Waals surface area contributed by atoms with E-state index in [4.69, 9.17) is 0 Å². The molecule has 0 N–H and O–H groups in total. The second-order valence-electron chi connectivity index (χ2n) is 16.1. The van der Waals surface area contributed by atoms with Gasteiger partial charge in [-0.3, -0.25) is 0 Å². The highest BCUT2D eigenvalue weighted by atomic mass is 15.1. The Balaban J connectivity index is 1.02. The molecule has 0 aliphatic rings. The van der Waals surface area contributed by atoms with Crippen LogP contribution in [-0.4, -0.2) is 4.57 Å². The Morgan fingerprint density at radius 1 is 0.274 bits per heavy atom. The number of anilines is 3. The number of fused-ring (bicyclic) bond motifs is 6. The van der Waals surface area contributed by atoms with Gasteiger partial charge >= 0.3 is 0 Å². The molecule has 12 aromatic rings. The fraction of sp³-hybridized carbons (Fsp3) is 0. The third kappa shape index (κ3) is 5.96. The molecule has 0 aliphatic heterocycles. The molecule has 2 nitrogen and oxygen atoms in total. The molecule has 0 saturated carbocycles. The van der Waals surface area contributed by atoms with Gasteiger partial charge in [-0.15, -0.1) is 0 Å². The Kier molecular flexibility index (Phi) is 8.53. The molecule has 0 bridgehead atoms. The van der Waals surface area contributed by atoms with Crippen molar-refractivity contribution in [3.05, 3.63) is 243 Å². The lowest BCUT2D eigenvalue weighted by Gasteiger charge is -2.28. The van der Waals surface area contributed by atoms with Gasteiger partial charge in [0.15, 0.2) is 0 Å². The molecule has 0 aliphatic carbocycles. The van der Waals surface area contributed by atoms with Crippen molar-refractivity contribution in [1.29, 1.82) is 0 Å². The second-order valence-corrected chi connectivity index (χ2v) is 16.1. The molecular formula is C60H40N2. The van der Waals surface area contributed by atoms with Crippen molar-refractivity contribution in [1.82, 2.24) is 4.57 Å². The summed E-state index contributed by atoms with van der Waals surface area (Å²) in [7, 11) is 0. The summed E-state index contributed by atoms with van der Waals surface area (Å²) in [5, 5.41) is 9.87. The van der Waals surface area contributed by atoms with E-state index in [0.29, 0.717) is 0 Å². The predicted molar refractivity (Wildman–Crippen MR) is 264 cm³/mol. The van der Waals surface area contributed by atoms with Crippen molar-refractivity contribution in [3.8, 4) is 39.1 Å². The number of nitrogens with zero attached hydrogens (tertiary/aromatic N) is 2. The Morgan fingerprint density at radius 3 is 1.42 bits per heavy atom. The maximum absolute atomic E-state index is 2.43. The van der Waals surface area contributed by atoms with Crippen molar-refractivity contribution in [3.63, 3.8) is 0 Å². The Morgan fingerprint density at radius 2 is 0.758 bits per heavy atom. The van der Waals surface area contributed by atoms with Crippen LogP contribution in [0.3, 0.4) is 0 Å². The summed E-state index contributed by atoms with van der Waals surface area (Å²) in [5.41, 5.74) is 14.1. The van der Waals surface area contributed by atoms with Crippen LogP contribution in [-0.2, 0) is 0 Å². The van der Waals surface area contributed by atoms with Crippen LogP contribution in [0.2, 0.25) is 0 Å². The van der Waals surface area contributed by atoms with E-state index in [0.717, 1.165) is 22.7 Å². The molecule has 1 aromatic heterocycles. The van der Waals surface area contributed by atoms with Gasteiger partial charge in [-0.2, -0.15) is 0 Å². The molecule has 290 valence electrons. The van der Waals surface area contributed by atoms with E-state index >= 15 is 0 Å². The minimum Gasteiger partial charge on any atom is -0.310 e. The fourth-order valence-corrected chi connectivity index (χ4v) is 9.66. The molecule has 1 heterocycles. The summed E-state index contributed by atoms with van der Waals surface area (Å²) < 4.78 is 2.43. The van der Waals surface area contributed by atoms with Gasteiger partial charge in [0.2, 0.25) is 0 Å². The molecule has 0 amide bonds. The SMILES string of the molecule is c1ccc(-c2ccc(N(c3ccc(-c4cc(-c5cccc6ccccc56)c5ccccc5c4)cc3)c3ccc(-n4c5ccccc5c5ccccc54)c4ccccc34)cc2)cc1. The lowest BCUT2D eigenvalue weighted by molar-refractivity contribution is 1.19. The number of benzene rings is 11. The van der Waals surface area contributed by atoms with E-state index in [1.54, 1.807) is 0 Å². The van der Waals surface area contributed by atoms with E-state index in [2.05, 4.69) is 252 Å². The number of rotatable bonds is 7. The lowest BCUT2D eigenvalue weighted by Crippen LogP contribution is -2.11. The Hall–Kier alpha value is -8.20. The van der Waals surface area contributed by atoms with Crippen LogP contribution >= 0.6 is 0 Å². The van der Waals surface area contributed by atoms with Crippen molar-refractivity contribution in [2.75, 3.05) is 4.90 Å².